The summed E-state index contributed by atoms with van der Waals surface area (Å²) in [7, 11) is 0. The maximum absolute atomic E-state index is 11.8. The minimum atomic E-state index is -0.573. The molecule has 2 amide bonds. The van der Waals surface area contributed by atoms with Gasteiger partial charge in [0.25, 0.3) is 0 Å². The number of rotatable bonds is 2. The van der Waals surface area contributed by atoms with E-state index in [1.54, 1.807) is 30.7 Å². The number of amides is 2. The van der Waals surface area contributed by atoms with Crippen molar-refractivity contribution in [2.75, 3.05) is 4.90 Å². The molecule has 0 aliphatic rings. The van der Waals surface area contributed by atoms with Gasteiger partial charge in [-0.1, -0.05) is 18.2 Å². The zero-order valence-electron chi connectivity index (χ0n) is 10.6. The van der Waals surface area contributed by atoms with E-state index in [1.807, 2.05) is 30.3 Å². The van der Waals surface area contributed by atoms with Gasteiger partial charge in [0.15, 0.2) is 0 Å². The summed E-state index contributed by atoms with van der Waals surface area (Å²) in [6, 6.07) is 12.4. The number of hydrogen-bond acceptors (Lipinski definition) is 3. The number of hydrogen-bond donors (Lipinski definition) is 1. The summed E-state index contributed by atoms with van der Waals surface area (Å²) in [5.41, 5.74) is 7.49. The van der Waals surface area contributed by atoms with Crippen LogP contribution in [0.1, 0.15) is 0 Å². The maximum atomic E-state index is 11.8. The fourth-order valence-corrected chi connectivity index (χ4v) is 2.14. The number of benzene rings is 1. The average molecular weight is 264 g/mol. The lowest BCUT2D eigenvalue weighted by Gasteiger charge is -2.21. The van der Waals surface area contributed by atoms with Gasteiger partial charge in [0, 0.05) is 17.8 Å². The van der Waals surface area contributed by atoms with Crippen molar-refractivity contribution < 1.29 is 4.79 Å². The van der Waals surface area contributed by atoms with Crippen molar-refractivity contribution in [1.29, 1.82) is 0 Å². The smallest absolute Gasteiger partial charge is 0.324 e. The molecule has 20 heavy (non-hydrogen) atoms. The number of nitrogens with zero attached hydrogens (tertiary/aromatic N) is 3. The second-order valence-electron chi connectivity index (χ2n) is 4.24. The van der Waals surface area contributed by atoms with Gasteiger partial charge in [0.2, 0.25) is 0 Å². The van der Waals surface area contributed by atoms with Crippen LogP contribution < -0.4 is 10.6 Å². The zero-order valence-corrected chi connectivity index (χ0v) is 10.6. The molecule has 0 aliphatic carbocycles. The van der Waals surface area contributed by atoms with Crippen LogP contribution in [0.15, 0.2) is 61.1 Å². The van der Waals surface area contributed by atoms with E-state index in [0.717, 1.165) is 10.9 Å². The first-order valence-corrected chi connectivity index (χ1v) is 6.11. The highest BCUT2D eigenvalue weighted by Crippen LogP contribution is 2.30. The summed E-state index contributed by atoms with van der Waals surface area (Å²) in [6.07, 6.45) is 4.92. The van der Waals surface area contributed by atoms with Crippen molar-refractivity contribution in [2.45, 2.75) is 0 Å². The van der Waals surface area contributed by atoms with Crippen molar-refractivity contribution in [3.8, 4) is 0 Å². The molecule has 5 heteroatoms. The molecule has 1 aromatic carbocycles. The normalized spacial score (nSPS) is 10.4. The van der Waals surface area contributed by atoms with Crippen molar-refractivity contribution in [2.24, 2.45) is 5.73 Å². The van der Waals surface area contributed by atoms with E-state index < -0.39 is 6.03 Å². The van der Waals surface area contributed by atoms with Crippen LogP contribution >= 0.6 is 0 Å². The number of nitrogens with two attached hydrogens (primary N) is 1. The predicted octanol–water partition coefficient (Wildman–Crippen LogP) is 2.85. The second kappa shape index (κ2) is 4.97. The van der Waals surface area contributed by atoms with Crippen molar-refractivity contribution >= 4 is 28.3 Å². The number of anilines is 2. The summed E-state index contributed by atoms with van der Waals surface area (Å²) in [6.45, 7) is 0. The first-order valence-electron chi connectivity index (χ1n) is 6.11. The molecular weight excluding hydrogens is 252 g/mol. The topological polar surface area (TPSA) is 72.1 Å². The van der Waals surface area contributed by atoms with Crippen LogP contribution in [0.25, 0.3) is 10.9 Å². The number of carbonyl (C=O) groups is 1. The summed E-state index contributed by atoms with van der Waals surface area (Å²) in [4.78, 5) is 21.6. The molecule has 5 nitrogen and oxygen atoms in total. The lowest BCUT2D eigenvalue weighted by Crippen LogP contribution is -2.31. The van der Waals surface area contributed by atoms with Crippen molar-refractivity contribution in [3.05, 3.63) is 61.1 Å². The standard InChI is InChI=1S/C15H12N4O/c16-15(20)19(12-6-3-8-17-10-12)13-7-1-4-11-5-2-9-18-14(11)13/h1-10H,(H2,16,20). The van der Waals surface area contributed by atoms with Crippen LogP contribution in [-0.2, 0) is 0 Å². The molecule has 3 aromatic rings. The first-order chi connectivity index (χ1) is 9.77. The molecule has 0 fully saturated rings. The molecule has 0 saturated heterocycles. The number of aromatic nitrogens is 2. The molecule has 2 heterocycles. The molecule has 0 saturated carbocycles. The molecule has 2 N–H and O–H groups in total. The fraction of sp³-hybridized carbons (Fsp3) is 0. The lowest BCUT2D eigenvalue weighted by molar-refractivity contribution is 0.256. The summed E-state index contributed by atoms with van der Waals surface area (Å²) in [5.74, 6) is 0. The van der Waals surface area contributed by atoms with Crippen LogP contribution in [0.5, 0.6) is 0 Å². The molecule has 2 aromatic heterocycles. The third-order valence-electron chi connectivity index (χ3n) is 2.98. The van der Waals surface area contributed by atoms with Gasteiger partial charge in [-0.05, 0) is 24.3 Å². The molecule has 0 unspecified atom stereocenters. The Morgan fingerprint density at radius 3 is 2.60 bits per heavy atom. The number of pyridine rings is 2. The van der Waals surface area contributed by atoms with Gasteiger partial charge >= 0.3 is 6.03 Å². The summed E-state index contributed by atoms with van der Waals surface area (Å²) < 4.78 is 0. The van der Waals surface area contributed by atoms with Gasteiger partial charge in [-0.15, -0.1) is 0 Å². The van der Waals surface area contributed by atoms with Crippen LogP contribution in [0.2, 0.25) is 0 Å². The molecule has 0 aliphatic heterocycles. The average Bonchev–Trinajstić information content (AvgIpc) is 2.48. The highest BCUT2D eigenvalue weighted by molar-refractivity contribution is 6.05. The minimum absolute atomic E-state index is 0.573. The van der Waals surface area contributed by atoms with Gasteiger partial charge in [-0.3, -0.25) is 14.9 Å². The third kappa shape index (κ3) is 2.05. The predicted molar refractivity (Wildman–Crippen MR) is 77.7 cm³/mol. The van der Waals surface area contributed by atoms with Gasteiger partial charge in [-0.2, -0.15) is 0 Å². The molecule has 0 bridgehead atoms. The second-order valence-corrected chi connectivity index (χ2v) is 4.24. The Morgan fingerprint density at radius 1 is 1.05 bits per heavy atom. The van der Waals surface area contributed by atoms with E-state index in [0.29, 0.717) is 11.4 Å². The Kier molecular flexibility index (Phi) is 3.01. The number of carbonyl (C=O) groups excluding carboxylic acids is 1. The zero-order chi connectivity index (χ0) is 13.9. The van der Waals surface area contributed by atoms with Crippen LogP contribution in [-0.4, -0.2) is 16.0 Å². The molecular formula is C15H12N4O. The third-order valence-corrected chi connectivity index (χ3v) is 2.98. The summed E-state index contributed by atoms with van der Waals surface area (Å²) in [5, 5.41) is 0.945. The van der Waals surface area contributed by atoms with Crippen LogP contribution in [0.3, 0.4) is 0 Å². The Bertz CT molecular complexity index is 753. The number of fused-ring (bicyclic) bond motifs is 1. The van der Waals surface area contributed by atoms with E-state index in [-0.39, 0.29) is 0 Å². The largest absolute Gasteiger partial charge is 0.351 e. The number of para-hydroxylation sites is 1. The van der Waals surface area contributed by atoms with Gasteiger partial charge in [0.1, 0.15) is 0 Å². The first kappa shape index (κ1) is 12.1. The molecule has 98 valence electrons. The lowest BCUT2D eigenvalue weighted by atomic mass is 10.1. The van der Waals surface area contributed by atoms with E-state index >= 15 is 0 Å². The number of primary amides is 1. The van der Waals surface area contributed by atoms with E-state index in [1.165, 1.54) is 4.90 Å². The Morgan fingerprint density at radius 2 is 1.85 bits per heavy atom. The highest BCUT2D eigenvalue weighted by atomic mass is 16.2. The quantitative estimate of drug-likeness (QED) is 0.773. The minimum Gasteiger partial charge on any atom is -0.351 e. The van der Waals surface area contributed by atoms with Gasteiger partial charge < -0.3 is 5.73 Å². The Hall–Kier alpha value is -2.95. The van der Waals surface area contributed by atoms with Gasteiger partial charge in [-0.25, -0.2) is 4.79 Å². The number of urea groups is 1. The molecule has 3 rings (SSSR count). The van der Waals surface area contributed by atoms with Crippen molar-refractivity contribution in [1.82, 2.24) is 9.97 Å². The fourth-order valence-electron chi connectivity index (χ4n) is 2.14. The van der Waals surface area contributed by atoms with E-state index in [2.05, 4.69) is 9.97 Å². The molecule has 0 spiro atoms. The van der Waals surface area contributed by atoms with Crippen LogP contribution in [0.4, 0.5) is 16.2 Å². The monoisotopic (exact) mass is 264 g/mol. The van der Waals surface area contributed by atoms with Crippen molar-refractivity contribution in [3.63, 3.8) is 0 Å². The van der Waals surface area contributed by atoms with E-state index in [4.69, 9.17) is 5.73 Å². The van der Waals surface area contributed by atoms with Crippen LogP contribution in [0, 0.1) is 0 Å². The Labute approximate surface area is 115 Å². The Balaban J connectivity index is 2.23. The van der Waals surface area contributed by atoms with E-state index in [9.17, 15) is 4.79 Å². The van der Waals surface area contributed by atoms with Gasteiger partial charge in [0.05, 0.1) is 23.1 Å². The summed E-state index contributed by atoms with van der Waals surface area (Å²) >= 11 is 0. The SMILES string of the molecule is NC(=O)N(c1cccnc1)c1cccc2cccnc12. The molecule has 0 radical (unpaired) electrons. The maximum Gasteiger partial charge on any atom is 0.324 e. The highest BCUT2D eigenvalue weighted by Gasteiger charge is 2.17. The molecule has 0 atom stereocenters.